The van der Waals surface area contributed by atoms with Gasteiger partial charge in [0.25, 0.3) is 0 Å². The second-order valence-corrected chi connectivity index (χ2v) is 5.93. The van der Waals surface area contributed by atoms with E-state index in [0.29, 0.717) is 6.42 Å². The first-order valence-electron chi connectivity index (χ1n) is 7.90. The molecular weight excluding hydrogens is 276 g/mol. The molecule has 0 unspecified atom stereocenters. The number of amides is 1. The number of ether oxygens (including phenoxy) is 1. The van der Waals surface area contributed by atoms with Crippen LogP contribution in [0.2, 0.25) is 0 Å². The number of nitrogens with one attached hydrogen (secondary N) is 2. The van der Waals surface area contributed by atoms with Gasteiger partial charge in [-0.25, -0.2) is 0 Å². The standard InChI is InChI=1S/C15H28N2O2.ClH/c18-15(2-1-13-3-8-16-9-4-13)17-10-5-14-6-11-19-12-7-14;/h13-14,16H,1-12H2,(H,17,18);1H. The van der Waals surface area contributed by atoms with Crippen molar-refractivity contribution in [2.45, 2.75) is 44.9 Å². The van der Waals surface area contributed by atoms with E-state index in [9.17, 15) is 4.79 Å². The van der Waals surface area contributed by atoms with Gasteiger partial charge in [-0.05, 0) is 63.5 Å². The Labute approximate surface area is 128 Å². The van der Waals surface area contributed by atoms with Crippen molar-refractivity contribution in [3.8, 4) is 0 Å². The number of halogens is 1. The maximum Gasteiger partial charge on any atom is 0.220 e. The average molecular weight is 305 g/mol. The number of piperidine rings is 1. The molecule has 0 atom stereocenters. The van der Waals surface area contributed by atoms with Crippen molar-refractivity contribution in [2.24, 2.45) is 11.8 Å². The van der Waals surface area contributed by atoms with Gasteiger partial charge in [0.15, 0.2) is 0 Å². The molecule has 0 aromatic heterocycles. The van der Waals surface area contributed by atoms with Gasteiger partial charge < -0.3 is 15.4 Å². The quantitative estimate of drug-likeness (QED) is 0.790. The van der Waals surface area contributed by atoms with Crippen molar-refractivity contribution < 1.29 is 9.53 Å². The van der Waals surface area contributed by atoms with Gasteiger partial charge in [-0.15, -0.1) is 12.4 Å². The zero-order chi connectivity index (χ0) is 13.3. The van der Waals surface area contributed by atoms with Crippen LogP contribution in [0.1, 0.15) is 44.9 Å². The number of rotatable bonds is 6. The maximum atomic E-state index is 11.8. The summed E-state index contributed by atoms with van der Waals surface area (Å²) < 4.78 is 5.34. The molecule has 0 saturated carbocycles. The van der Waals surface area contributed by atoms with Crippen molar-refractivity contribution in [3.05, 3.63) is 0 Å². The molecule has 0 aromatic carbocycles. The van der Waals surface area contributed by atoms with E-state index in [4.69, 9.17) is 4.74 Å². The van der Waals surface area contributed by atoms with E-state index < -0.39 is 0 Å². The summed E-state index contributed by atoms with van der Waals surface area (Å²) in [6.45, 7) is 4.88. The lowest BCUT2D eigenvalue weighted by Gasteiger charge is -2.23. The molecule has 2 heterocycles. The lowest BCUT2D eigenvalue weighted by Crippen LogP contribution is -2.30. The highest BCUT2D eigenvalue weighted by Crippen LogP contribution is 2.18. The van der Waals surface area contributed by atoms with Crippen LogP contribution < -0.4 is 10.6 Å². The first-order chi connectivity index (χ1) is 9.34. The van der Waals surface area contributed by atoms with E-state index in [1.54, 1.807) is 0 Å². The number of hydrogen-bond acceptors (Lipinski definition) is 3. The minimum Gasteiger partial charge on any atom is -0.381 e. The molecule has 2 rings (SSSR count). The van der Waals surface area contributed by atoms with Crippen LogP contribution in [0.5, 0.6) is 0 Å². The molecule has 0 bridgehead atoms. The molecule has 2 saturated heterocycles. The van der Waals surface area contributed by atoms with Crippen LogP contribution in [0.4, 0.5) is 0 Å². The van der Waals surface area contributed by atoms with Crippen molar-refractivity contribution in [3.63, 3.8) is 0 Å². The lowest BCUT2D eigenvalue weighted by atomic mass is 9.93. The fraction of sp³-hybridized carbons (Fsp3) is 0.933. The molecule has 5 heteroatoms. The predicted molar refractivity (Wildman–Crippen MR) is 83.2 cm³/mol. The molecular formula is C15H29ClN2O2. The normalized spacial score (nSPS) is 21.2. The predicted octanol–water partition coefficient (Wildman–Crippen LogP) is 2.12. The highest BCUT2D eigenvalue weighted by atomic mass is 35.5. The van der Waals surface area contributed by atoms with Gasteiger partial charge >= 0.3 is 0 Å². The van der Waals surface area contributed by atoms with Gasteiger partial charge in [-0.3, -0.25) is 4.79 Å². The summed E-state index contributed by atoms with van der Waals surface area (Å²) >= 11 is 0. The highest BCUT2D eigenvalue weighted by molar-refractivity contribution is 5.85. The third-order valence-corrected chi connectivity index (χ3v) is 4.45. The van der Waals surface area contributed by atoms with E-state index in [2.05, 4.69) is 10.6 Å². The number of hydrogen-bond donors (Lipinski definition) is 2. The van der Waals surface area contributed by atoms with Crippen LogP contribution in [-0.2, 0) is 9.53 Å². The van der Waals surface area contributed by atoms with Crippen LogP contribution in [0, 0.1) is 11.8 Å². The molecule has 0 aromatic rings. The molecule has 20 heavy (non-hydrogen) atoms. The fourth-order valence-corrected chi connectivity index (χ4v) is 3.04. The third kappa shape index (κ3) is 6.91. The van der Waals surface area contributed by atoms with Crippen molar-refractivity contribution in [2.75, 3.05) is 32.8 Å². The Morgan fingerprint density at radius 2 is 1.70 bits per heavy atom. The van der Waals surface area contributed by atoms with Crippen molar-refractivity contribution >= 4 is 18.3 Å². The zero-order valence-electron chi connectivity index (χ0n) is 12.4. The zero-order valence-corrected chi connectivity index (χ0v) is 13.2. The summed E-state index contributed by atoms with van der Waals surface area (Å²) in [5.41, 5.74) is 0. The Bertz CT molecular complexity index is 265. The molecule has 0 radical (unpaired) electrons. The Morgan fingerprint density at radius 1 is 1.05 bits per heavy atom. The third-order valence-electron chi connectivity index (χ3n) is 4.45. The van der Waals surface area contributed by atoms with E-state index in [1.165, 1.54) is 12.8 Å². The topological polar surface area (TPSA) is 50.4 Å². The molecule has 1 amide bonds. The number of carbonyl (C=O) groups is 1. The minimum atomic E-state index is 0. The lowest BCUT2D eigenvalue weighted by molar-refractivity contribution is -0.121. The molecule has 2 aliphatic rings. The van der Waals surface area contributed by atoms with Crippen LogP contribution in [-0.4, -0.2) is 38.8 Å². The van der Waals surface area contributed by atoms with E-state index >= 15 is 0 Å². The summed E-state index contributed by atoms with van der Waals surface area (Å²) in [7, 11) is 0. The summed E-state index contributed by atoms with van der Waals surface area (Å²) in [6, 6.07) is 0. The Morgan fingerprint density at radius 3 is 2.40 bits per heavy atom. The Balaban J connectivity index is 0.00000200. The van der Waals surface area contributed by atoms with E-state index in [0.717, 1.165) is 70.4 Å². The van der Waals surface area contributed by atoms with Gasteiger partial charge in [-0.2, -0.15) is 0 Å². The largest absolute Gasteiger partial charge is 0.381 e. The SMILES string of the molecule is Cl.O=C(CCC1CCNCC1)NCCC1CCOCC1. The fourth-order valence-electron chi connectivity index (χ4n) is 3.04. The molecule has 0 aliphatic carbocycles. The van der Waals surface area contributed by atoms with Gasteiger partial charge in [-0.1, -0.05) is 0 Å². The summed E-state index contributed by atoms with van der Waals surface area (Å²) in [5, 5.41) is 6.44. The highest BCUT2D eigenvalue weighted by Gasteiger charge is 2.15. The average Bonchev–Trinajstić information content (AvgIpc) is 2.47. The monoisotopic (exact) mass is 304 g/mol. The van der Waals surface area contributed by atoms with Gasteiger partial charge in [0.05, 0.1) is 0 Å². The van der Waals surface area contributed by atoms with E-state index in [-0.39, 0.29) is 18.3 Å². The molecule has 0 spiro atoms. The van der Waals surface area contributed by atoms with Crippen LogP contribution >= 0.6 is 12.4 Å². The van der Waals surface area contributed by atoms with Crippen molar-refractivity contribution in [1.82, 2.24) is 10.6 Å². The Hall–Kier alpha value is -0.320. The molecule has 2 N–H and O–H groups in total. The summed E-state index contributed by atoms with van der Waals surface area (Å²) in [4.78, 5) is 11.8. The van der Waals surface area contributed by atoms with Crippen LogP contribution in [0.3, 0.4) is 0 Å². The molecule has 118 valence electrons. The first kappa shape index (κ1) is 17.7. The van der Waals surface area contributed by atoms with Gasteiger partial charge in [0.2, 0.25) is 5.91 Å². The molecule has 2 fully saturated rings. The van der Waals surface area contributed by atoms with Crippen molar-refractivity contribution in [1.29, 1.82) is 0 Å². The maximum absolute atomic E-state index is 11.8. The summed E-state index contributed by atoms with van der Waals surface area (Å²) in [6.07, 6.45) is 7.66. The smallest absolute Gasteiger partial charge is 0.220 e. The summed E-state index contributed by atoms with van der Waals surface area (Å²) in [5.74, 6) is 1.74. The first-order valence-corrected chi connectivity index (χ1v) is 7.90. The minimum absolute atomic E-state index is 0. The van der Waals surface area contributed by atoms with Gasteiger partial charge in [0.1, 0.15) is 0 Å². The van der Waals surface area contributed by atoms with Crippen LogP contribution in [0.15, 0.2) is 0 Å². The molecule has 2 aliphatic heterocycles. The number of carbonyl (C=O) groups excluding carboxylic acids is 1. The molecule has 4 nitrogen and oxygen atoms in total. The van der Waals surface area contributed by atoms with Gasteiger partial charge in [0, 0.05) is 26.2 Å². The second kappa shape index (κ2) is 10.4. The van der Waals surface area contributed by atoms with Crippen LogP contribution in [0.25, 0.3) is 0 Å². The second-order valence-electron chi connectivity index (χ2n) is 5.93. The van der Waals surface area contributed by atoms with E-state index in [1.807, 2.05) is 0 Å². The Kier molecular flexibility index (Phi) is 9.23.